The maximum absolute atomic E-state index is 13.0. The van der Waals surface area contributed by atoms with Gasteiger partial charge in [-0.2, -0.15) is 0 Å². The monoisotopic (exact) mass is 1810 g/mol. The van der Waals surface area contributed by atoms with Gasteiger partial charge in [-0.25, -0.2) is 0 Å². The molecule has 0 saturated carbocycles. The predicted octanol–water partition coefficient (Wildman–Crippen LogP) is 27.5. The Kier molecular flexibility index (Phi) is 38.5. The molecule has 0 spiro atoms. The molecule has 0 atom stereocenters. The molecule has 0 amide bonds. The molecule has 0 fully saturated rings. The van der Waals surface area contributed by atoms with Crippen LogP contribution in [0, 0.1) is 140 Å². The van der Waals surface area contributed by atoms with Crippen LogP contribution in [0.5, 0.6) is 23.0 Å². The smallest absolute Gasteiger partial charge is 0.872 e. The van der Waals surface area contributed by atoms with E-state index < -0.39 is 0 Å². The van der Waals surface area contributed by atoms with Crippen LogP contribution in [0.15, 0.2) is 182 Å². The molecule has 0 saturated heterocycles. The van der Waals surface area contributed by atoms with Crippen LogP contribution in [0.3, 0.4) is 0 Å². The summed E-state index contributed by atoms with van der Waals surface area (Å²) in [6.07, 6.45) is 0. The van der Waals surface area contributed by atoms with Crippen molar-refractivity contribution in [2.75, 3.05) is 10.6 Å². The third kappa shape index (κ3) is 31.0. The van der Waals surface area contributed by atoms with Crippen LogP contribution < -0.4 is 31.1 Å². The average molecular weight is 1810 g/mol. The minimum absolute atomic E-state index is 0. The van der Waals surface area contributed by atoms with Gasteiger partial charge in [-0.15, -0.1) is 47.5 Å². The second kappa shape index (κ2) is 43.3. The van der Waals surface area contributed by atoms with Crippen molar-refractivity contribution in [1.29, 1.82) is 0 Å². The molecule has 10 aromatic carbocycles. The van der Waals surface area contributed by atoms with E-state index in [-0.39, 0.29) is 138 Å². The van der Waals surface area contributed by atoms with Crippen molar-refractivity contribution in [3.05, 3.63) is 315 Å². The Labute approximate surface area is 760 Å². The van der Waals surface area contributed by atoms with E-state index in [1.807, 2.05) is 48.5 Å². The van der Waals surface area contributed by atoms with E-state index in [0.717, 1.165) is 89.5 Å². The van der Waals surface area contributed by atoms with Crippen molar-refractivity contribution >= 4 is 22.7 Å². The van der Waals surface area contributed by atoms with Crippen molar-refractivity contribution in [2.45, 2.75) is 305 Å². The minimum atomic E-state index is -0.175. The van der Waals surface area contributed by atoms with Gasteiger partial charge < -0.3 is 41.7 Å². The largest absolute Gasteiger partial charge is 3.00 e. The average Bonchev–Trinajstić information content (AvgIpc) is 0.799. The number of benzene rings is 10. The molecular formula is C106H142La2N4O4. The molecule has 2 N–H and O–H groups in total. The van der Waals surface area contributed by atoms with E-state index in [1.165, 1.54) is 55.6 Å². The van der Waals surface area contributed by atoms with Crippen molar-refractivity contribution in [3.8, 4) is 23.0 Å². The van der Waals surface area contributed by atoms with Crippen LogP contribution in [0.25, 0.3) is 10.6 Å². The first-order valence-corrected chi connectivity index (χ1v) is 40.9. The molecule has 0 radical (unpaired) electrons. The van der Waals surface area contributed by atoms with Crippen LogP contribution in [0.1, 0.15) is 289 Å². The molecule has 0 aromatic heterocycles. The topological polar surface area (TPSA) is 144 Å². The van der Waals surface area contributed by atoms with Gasteiger partial charge in [0.05, 0.1) is 0 Å². The summed E-state index contributed by atoms with van der Waals surface area (Å²) >= 11 is 0. The zero-order valence-corrected chi connectivity index (χ0v) is 85.1. The molecule has 0 heterocycles. The number of hydrogen-bond donors (Lipinski definition) is 2. The minimum Gasteiger partial charge on any atom is -0.872 e. The Hall–Kier alpha value is -7.01. The van der Waals surface area contributed by atoms with E-state index in [0.29, 0.717) is 26.2 Å². The van der Waals surface area contributed by atoms with Crippen LogP contribution in [0.4, 0.5) is 22.7 Å². The molecule has 10 aromatic rings. The van der Waals surface area contributed by atoms with E-state index >= 15 is 0 Å². The van der Waals surface area contributed by atoms with Gasteiger partial charge in [-0.1, -0.05) is 404 Å². The number of rotatable bonds is 12. The molecular weight excluding hydrogens is 1670 g/mol. The molecule has 116 heavy (non-hydrogen) atoms. The Morgan fingerprint density at radius 2 is 0.440 bits per heavy atom. The van der Waals surface area contributed by atoms with Crippen molar-refractivity contribution in [2.24, 2.45) is 0 Å². The van der Waals surface area contributed by atoms with Gasteiger partial charge in [0, 0.05) is 24.5 Å². The molecule has 10 heteroatoms. The fraction of sp³-hybridized carbons (Fsp3) is 0.434. The fourth-order valence-electron chi connectivity index (χ4n) is 13.3. The number of hydrogen-bond acceptors (Lipinski definition) is 6. The van der Waals surface area contributed by atoms with Crippen LogP contribution in [-0.4, -0.2) is 0 Å². The third-order valence-corrected chi connectivity index (χ3v) is 20.8. The van der Waals surface area contributed by atoms with E-state index in [9.17, 15) is 20.4 Å². The van der Waals surface area contributed by atoms with Gasteiger partial charge >= 0.3 is 71.2 Å². The SMILES string of the molecule is Cc1cccc(C)c1NCc1cc(C(C)(C)C)cc(C(C)(C)C)c1[O-].Cc1cccc(C)c1NCc1cc(C(C)(C)C)cc(C(C)(C)C)c1[O-].Cc1cccc(C)c1[N-]Cc1cc(C(C)(C)C)cc(C(C)(C)C)c1[O-].Cc1cccc(C)c1[N-]Cc1cc(C(C)(C)C)cc(C(C)(C)C)c1[O-].Cc1ccccc1.Cc1ccccc1.[La+3].[La+3]. The maximum Gasteiger partial charge on any atom is 3.00 e. The first-order chi connectivity index (χ1) is 52.4. The number of nitrogens with one attached hydrogen (secondary N) is 2. The van der Waals surface area contributed by atoms with Gasteiger partial charge in [0.2, 0.25) is 0 Å². The Bertz CT molecular complexity index is 4140. The summed E-state index contributed by atoms with van der Waals surface area (Å²) in [4.78, 5) is 0. The molecule has 0 aliphatic carbocycles. The summed E-state index contributed by atoms with van der Waals surface area (Å²) in [5, 5.41) is 68.7. The predicted molar refractivity (Wildman–Crippen MR) is 487 cm³/mol. The van der Waals surface area contributed by atoms with E-state index in [4.69, 9.17) is 10.6 Å². The van der Waals surface area contributed by atoms with Crippen LogP contribution >= 0.6 is 0 Å². The number of nitrogens with zero attached hydrogens (tertiary/aromatic N) is 2. The Morgan fingerprint density at radius 1 is 0.241 bits per heavy atom. The van der Waals surface area contributed by atoms with Gasteiger partial charge in [-0.05, 0) is 179 Å². The molecule has 0 aliphatic heterocycles. The van der Waals surface area contributed by atoms with Gasteiger partial charge in [0.15, 0.2) is 0 Å². The third-order valence-electron chi connectivity index (χ3n) is 20.8. The first kappa shape index (κ1) is 103. The quantitative estimate of drug-likeness (QED) is 0.125. The summed E-state index contributed by atoms with van der Waals surface area (Å²) < 4.78 is 0. The molecule has 10 rings (SSSR count). The fourth-order valence-corrected chi connectivity index (χ4v) is 13.3. The summed E-state index contributed by atoms with van der Waals surface area (Å²) in [5.74, 6) is 0.601. The Balaban J connectivity index is 0.000000375. The van der Waals surface area contributed by atoms with E-state index in [1.54, 1.807) is 0 Å². The van der Waals surface area contributed by atoms with Crippen molar-refractivity contribution in [1.82, 2.24) is 0 Å². The number of aryl methyl sites for hydroxylation is 10. The number of para-hydroxylation sites is 4. The van der Waals surface area contributed by atoms with Gasteiger partial charge in [0.25, 0.3) is 0 Å². The van der Waals surface area contributed by atoms with Crippen LogP contribution in [0.2, 0.25) is 0 Å². The van der Waals surface area contributed by atoms with Crippen molar-refractivity contribution in [3.63, 3.8) is 0 Å². The maximum atomic E-state index is 13.0. The van der Waals surface area contributed by atoms with E-state index in [2.05, 4.69) is 380 Å². The zero-order chi connectivity index (χ0) is 86.2. The summed E-state index contributed by atoms with van der Waals surface area (Å²) in [7, 11) is 0. The molecule has 0 bridgehead atoms. The molecule has 8 nitrogen and oxygen atoms in total. The van der Waals surface area contributed by atoms with Gasteiger partial charge in [0.1, 0.15) is 0 Å². The zero-order valence-electron chi connectivity index (χ0n) is 77.8. The Morgan fingerprint density at radius 3 is 0.629 bits per heavy atom. The number of anilines is 2. The van der Waals surface area contributed by atoms with Crippen molar-refractivity contribution < 1.29 is 91.6 Å². The summed E-state index contributed by atoms with van der Waals surface area (Å²) in [6.45, 7) is 74.3. The van der Waals surface area contributed by atoms with Crippen LogP contribution in [-0.2, 0) is 69.5 Å². The summed E-state index contributed by atoms with van der Waals surface area (Å²) in [5.41, 5.74) is 27.3. The standard InChI is InChI=1S/2C23H33NO.2C23H32NO.2C7H8.2La/c4*1-15-10-9-11-16(2)20(15)24-14-17-12-18(22(3,4)5)13-19(21(17)25)23(6,7)8;2*1-7-5-3-2-4-6-7;;/h2*9-13,24-25H,14H2,1-8H3;2*9-13,25H,14H2,1-8H3;2*2-6H,1H3;;/q;;2*-1;;;2*+3/p-4. The van der Waals surface area contributed by atoms with Gasteiger partial charge in [-0.3, -0.25) is 0 Å². The molecule has 0 unspecified atom stereocenters. The second-order valence-corrected chi connectivity index (χ2v) is 39.7. The first-order valence-electron chi connectivity index (χ1n) is 40.9. The summed E-state index contributed by atoms with van der Waals surface area (Å²) in [6, 6.07) is 62.0. The normalized spacial score (nSPS) is 11.7. The second-order valence-electron chi connectivity index (χ2n) is 39.7. The molecule has 0 aliphatic rings. The molecule has 616 valence electrons.